The number of carbonyl (C=O) groups excluding carboxylic acids is 2. The van der Waals surface area contributed by atoms with Crippen LogP contribution in [0.2, 0.25) is 0 Å². The van der Waals surface area contributed by atoms with Crippen LogP contribution < -0.4 is 10.1 Å². The zero-order valence-electron chi connectivity index (χ0n) is 15.0. The van der Waals surface area contributed by atoms with Crippen LogP contribution in [0.5, 0.6) is 5.75 Å². The zero-order valence-corrected chi connectivity index (χ0v) is 15.0. The topological polar surface area (TPSA) is 64.6 Å². The number of amides is 1. The molecule has 0 aliphatic heterocycles. The SMILES string of the molecule is C[C@@H]1[C@H](C)CCC[C@@H]1NC(=O)[C@@H](C)OC(=O)COc1ccc(F)cc1. The molecule has 1 aliphatic rings. The first-order valence-corrected chi connectivity index (χ1v) is 8.75. The molecule has 5 nitrogen and oxygen atoms in total. The lowest BCUT2D eigenvalue weighted by atomic mass is 9.78. The molecule has 1 aromatic carbocycles. The van der Waals surface area contributed by atoms with E-state index >= 15 is 0 Å². The molecule has 2 rings (SSSR count). The Morgan fingerprint density at radius 1 is 1.24 bits per heavy atom. The van der Waals surface area contributed by atoms with E-state index in [-0.39, 0.29) is 24.4 Å². The highest BCUT2D eigenvalue weighted by molar-refractivity contribution is 5.83. The lowest BCUT2D eigenvalue weighted by Crippen LogP contribution is -2.47. The highest BCUT2D eigenvalue weighted by Crippen LogP contribution is 2.29. The summed E-state index contributed by atoms with van der Waals surface area (Å²) in [6.07, 6.45) is 2.34. The van der Waals surface area contributed by atoms with Crippen molar-refractivity contribution < 1.29 is 23.5 Å². The molecule has 0 unspecified atom stereocenters. The van der Waals surface area contributed by atoms with Gasteiger partial charge in [0.2, 0.25) is 0 Å². The summed E-state index contributed by atoms with van der Waals surface area (Å²) in [6.45, 7) is 5.55. The average Bonchev–Trinajstić information content (AvgIpc) is 2.58. The zero-order chi connectivity index (χ0) is 18.4. The summed E-state index contributed by atoms with van der Waals surface area (Å²) in [6, 6.07) is 5.44. The molecule has 0 radical (unpaired) electrons. The van der Waals surface area contributed by atoms with Crippen molar-refractivity contribution in [2.24, 2.45) is 11.8 Å². The highest BCUT2D eigenvalue weighted by Gasteiger charge is 2.30. The quantitative estimate of drug-likeness (QED) is 0.800. The molecular weight excluding hydrogens is 325 g/mol. The second-order valence-electron chi connectivity index (χ2n) is 6.76. The van der Waals surface area contributed by atoms with Crippen LogP contribution in [-0.4, -0.2) is 30.6 Å². The fourth-order valence-electron chi connectivity index (χ4n) is 3.04. The lowest BCUT2D eigenvalue weighted by molar-refractivity contribution is -0.157. The summed E-state index contributed by atoms with van der Waals surface area (Å²) in [5, 5.41) is 2.99. The molecule has 4 atom stereocenters. The molecule has 1 saturated carbocycles. The number of esters is 1. The van der Waals surface area contributed by atoms with Crippen LogP contribution in [0.4, 0.5) is 4.39 Å². The van der Waals surface area contributed by atoms with Crippen molar-refractivity contribution in [3.05, 3.63) is 30.1 Å². The molecule has 25 heavy (non-hydrogen) atoms. The molecule has 0 saturated heterocycles. The van der Waals surface area contributed by atoms with Gasteiger partial charge in [0, 0.05) is 6.04 Å². The van der Waals surface area contributed by atoms with Gasteiger partial charge in [0.05, 0.1) is 0 Å². The van der Waals surface area contributed by atoms with E-state index in [4.69, 9.17) is 9.47 Å². The predicted octanol–water partition coefficient (Wildman–Crippen LogP) is 3.08. The van der Waals surface area contributed by atoms with E-state index in [0.717, 1.165) is 12.8 Å². The summed E-state index contributed by atoms with van der Waals surface area (Å²) >= 11 is 0. The van der Waals surface area contributed by atoms with Gasteiger partial charge in [0.15, 0.2) is 12.7 Å². The van der Waals surface area contributed by atoms with Crippen LogP contribution >= 0.6 is 0 Å². The number of carbonyl (C=O) groups is 2. The molecular formula is C19H26FNO4. The summed E-state index contributed by atoms with van der Waals surface area (Å²) in [5.41, 5.74) is 0. The van der Waals surface area contributed by atoms with E-state index in [1.165, 1.54) is 30.7 Å². The van der Waals surface area contributed by atoms with Crippen molar-refractivity contribution in [3.63, 3.8) is 0 Å². The normalized spacial score (nSPS) is 24.2. The summed E-state index contributed by atoms with van der Waals surface area (Å²) < 4.78 is 23.1. The van der Waals surface area contributed by atoms with Crippen LogP contribution in [-0.2, 0) is 14.3 Å². The molecule has 1 N–H and O–H groups in total. The molecule has 1 aliphatic carbocycles. The third-order valence-corrected chi connectivity index (χ3v) is 4.88. The number of benzene rings is 1. The van der Waals surface area contributed by atoms with Gasteiger partial charge >= 0.3 is 5.97 Å². The predicted molar refractivity (Wildman–Crippen MR) is 91.6 cm³/mol. The van der Waals surface area contributed by atoms with Crippen molar-refractivity contribution in [3.8, 4) is 5.75 Å². The molecule has 1 aromatic rings. The maximum Gasteiger partial charge on any atom is 0.344 e. The molecule has 0 heterocycles. The van der Waals surface area contributed by atoms with Gasteiger partial charge in [-0.15, -0.1) is 0 Å². The summed E-state index contributed by atoms with van der Waals surface area (Å²) in [5.74, 6) is 0.0218. The Morgan fingerprint density at radius 2 is 1.92 bits per heavy atom. The van der Waals surface area contributed by atoms with Crippen molar-refractivity contribution in [1.29, 1.82) is 0 Å². The van der Waals surface area contributed by atoms with Crippen LogP contribution in [0.25, 0.3) is 0 Å². The first-order chi connectivity index (χ1) is 11.9. The largest absolute Gasteiger partial charge is 0.482 e. The maximum atomic E-state index is 12.8. The minimum atomic E-state index is -0.881. The van der Waals surface area contributed by atoms with Gasteiger partial charge in [0.1, 0.15) is 11.6 Å². The van der Waals surface area contributed by atoms with Crippen LogP contribution in [0.15, 0.2) is 24.3 Å². The van der Waals surface area contributed by atoms with Gasteiger partial charge < -0.3 is 14.8 Å². The van der Waals surface area contributed by atoms with Crippen LogP contribution in [0.3, 0.4) is 0 Å². The van der Waals surface area contributed by atoms with Crippen LogP contribution in [0.1, 0.15) is 40.0 Å². The standard InChI is InChI=1S/C19H26FNO4/c1-12-5-4-6-17(13(12)2)21-19(23)14(3)25-18(22)11-24-16-9-7-15(20)8-10-16/h7-10,12-14,17H,4-6,11H2,1-3H3,(H,21,23)/t12-,13-,14-,17+/m1/s1. The highest BCUT2D eigenvalue weighted by atomic mass is 19.1. The number of nitrogens with one attached hydrogen (secondary N) is 1. The molecule has 6 heteroatoms. The van der Waals surface area contributed by atoms with E-state index in [1.54, 1.807) is 6.92 Å². The number of halogens is 1. The molecule has 0 bridgehead atoms. The van der Waals surface area contributed by atoms with E-state index < -0.39 is 12.1 Å². The van der Waals surface area contributed by atoms with Gasteiger partial charge in [-0.3, -0.25) is 4.79 Å². The molecule has 138 valence electrons. The first kappa shape index (κ1) is 19.2. The lowest BCUT2D eigenvalue weighted by Gasteiger charge is -2.35. The molecule has 0 spiro atoms. The fraction of sp³-hybridized carbons (Fsp3) is 0.579. The number of rotatable bonds is 6. The Kier molecular flexibility index (Phi) is 6.79. The summed E-state index contributed by atoms with van der Waals surface area (Å²) in [7, 11) is 0. The maximum absolute atomic E-state index is 12.8. The van der Waals surface area contributed by atoms with E-state index in [0.29, 0.717) is 17.6 Å². The molecule has 1 fully saturated rings. The minimum absolute atomic E-state index is 0.118. The van der Waals surface area contributed by atoms with Crippen LogP contribution in [0, 0.1) is 17.7 Å². The van der Waals surface area contributed by atoms with E-state index in [1.807, 2.05) is 0 Å². The molecule has 1 amide bonds. The number of hydrogen-bond donors (Lipinski definition) is 1. The third kappa shape index (κ3) is 5.73. The van der Waals surface area contributed by atoms with Gasteiger partial charge in [-0.05, 0) is 49.4 Å². The van der Waals surface area contributed by atoms with Crippen molar-refractivity contribution in [2.45, 2.75) is 52.2 Å². The second kappa shape index (κ2) is 8.83. The second-order valence-corrected chi connectivity index (χ2v) is 6.76. The van der Waals surface area contributed by atoms with Crippen molar-refractivity contribution >= 4 is 11.9 Å². The van der Waals surface area contributed by atoms with Gasteiger partial charge in [-0.1, -0.05) is 26.7 Å². The van der Waals surface area contributed by atoms with Gasteiger partial charge in [-0.2, -0.15) is 0 Å². The number of ether oxygens (including phenoxy) is 2. The Morgan fingerprint density at radius 3 is 2.60 bits per heavy atom. The first-order valence-electron chi connectivity index (χ1n) is 8.75. The number of hydrogen-bond acceptors (Lipinski definition) is 4. The monoisotopic (exact) mass is 351 g/mol. The Balaban J connectivity index is 1.75. The van der Waals surface area contributed by atoms with Gasteiger partial charge in [-0.25, -0.2) is 9.18 Å². The fourth-order valence-corrected chi connectivity index (χ4v) is 3.04. The Bertz CT molecular complexity index is 590. The Hall–Kier alpha value is -2.11. The minimum Gasteiger partial charge on any atom is -0.482 e. The van der Waals surface area contributed by atoms with Crippen molar-refractivity contribution in [2.75, 3.05) is 6.61 Å². The van der Waals surface area contributed by atoms with Gasteiger partial charge in [0.25, 0.3) is 5.91 Å². The van der Waals surface area contributed by atoms with E-state index in [9.17, 15) is 14.0 Å². The Labute approximate surface area is 147 Å². The third-order valence-electron chi connectivity index (χ3n) is 4.88. The van der Waals surface area contributed by atoms with Crippen molar-refractivity contribution in [1.82, 2.24) is 5.32 Å². The van der Waals surface area contributed by atoms with E-state index in [2.05, 4.69) is 19.2 Å². The molecule has 0 aromatic heterocycles. The smallest absolute Gasteiger partial charge is 0.344 e. The average molecular weight is 351 g/mol. The summed E-state index contributed by atoms with van der Waals surface area (Å²) in [4.78, 5) is 24.0.